The molecule has 2 aliphatic rings. The lowest BCUT2D eigenvalue weighted by molar-refractivity contribution is -0.125. The van der Waals surface area contributed by atoms with Crippen LogP contribution in [0.15, 0.2) is 72.4 Å². The Bertz CT molecular complexity index is 1770. The van der Waals surface area contributed by atoms with Crippen molar-refractivity contribution in [3.8, 4) is 11.1 Å². The molecule has 2 N–H and O–H groups in total. The second-order valence-electron chi connectivity index (χ2n) is 10.2. The van der Waals surface area contributed by atoms with Crippen molar-refractivity contribution in [1.82, 2.24) is 23.8 Å². The number of aromatic nitrogens is 4. The highest BCUT2D eigenvalue weighted by Crippen LogP contribution is 2.45. The van der Waals surface area contributed by atoms with Crippen molar-refractivity contribution in [3.05, 3.63) is 83.0 Å². The Kier molecular flexibility index (Phi) is 6.61. The summed E-state index contributed by atoms with van der Waals surface area (Å²) in [6, 6.07) is 12.2. The number of primary amides is 1. The van der Waals surface area contributed by atoms with Gasteiger partial charge in [-0.1, -0.05) is 47.5 Å². The number of amides is 2. The van der Waals surface area contributed by atoms with E-state index in [0.29, 0.717) is 15.7 Å². The summed E-state index contributed by atoms with van der Waals surface area (Å²) in [4.78, 5) is 39.6. The first kappa shape index (κ1) is 27.3. The highest BCUT2D eigenvalue weighted by molar-refractivity contribution is 7.89. The van der Waals surface area contributed by atoms with Crippen molar-refractivity contribution in [2.45, 2.75) is 23.9 Å². The minimum atomic E-state index is -4.12. The van der Waals surface area contributed by atoms with Crippen LogP contribution in [0.25, 0.3) is 11.1 Å². The lowest BCUT2D eigenvalue weighted by Gasteiger charge is -2.36. The van der Waals surface area contributed by atoms with Crippen molar-refractivity contribution < 1.29 is 18.0 Å². The molecule has 210 valence electrons. The SMILES string of the molecule is CC1(Cc2ccc(-c3cncnc3)cc2)C(=O)N(c2cc(Cl)cc(Cl)c2)c2ncc(S(=O)(=O)N3CC(C(N)=O)C3)n21. The number of carbonyl (C=O) groups excluding carboxylic acids is 2. The zero-order chi connectivity index (χ0) is 29.1. The maximum atomic E-state index is 14.2. The molecule has 2 amide bonds. The molecule has 1 unspecified atom stereocenters. The Morgan fingerprint density at radius 1 is 1.02 bits per heavy atom. The molecule has 2 aliphatic heterocycles. The Labute approximate surface area is 245 Å². The molecule has 1 saturated heterocycles. The molecular formula is C27H23Cl2N7O4S. The second-order valence-corrected chi connectivity index (χ2v) is 13.0. The van der Waals surface area contributed by atoms with Crippen molar-refractivity contribution in [1.29, 1.82) is 0 Å². The molecule has 2 aromatic carbocycles. The first-order chi connectivity index (χ1) is 19.5. The van der Waals surface area contributed by atoms with Gasteiger partial charge in [0.25, 0.3) is 15.9 Å². The lowest BCUT2D eigenvalue weighted by atomic mass is 9.91. The third-order valence-corrected chi connectivity index (χ3v) is 9.66. The fraction of sp³-hybridized carbons (Fsp3) is 0.222. The van der Waals surface area contributed by atoms with Crippen LogP contribution in [0.5, 0.6) is 0 Å². The summed E-state index contributed by atoms with van der Waals surface area (Å²) in [6.07, 6.45) is 6.23. The van der Waals surface area contributed by atoms with Crippen molar-refractivity contribution >= 4 is 56.7 Å². The number of carbonyl (C=O) groups is 2. The number of imidazole rings is 1. The standard InChI is InChI=1S/C27H23Cl2N7O4S/c1-27(9-16-2-4-17(5-3-16)18-10-31-15-32-11-18)25(38)35(22-7-20(28)6-21(29)8-22)26-33-12-23(36(26)27)41(39,40)34-13-19(14-34)24(30)37/h2-8,10-12,15,19H,9,13-14H2,1H3,(H2,30,37). The van der Waals surface area contributed by atoms with Gasteiger partial charge in [0.05, 0.1) is 17.8 Å². The van der Waals surface area contributed by atoms with Crippen LogP contribution in [0.3, 0.4) is 0 Å². The molecule has 2 aromatic heterocycles. The van der Waals surface area contributed by atoms with Crippen LogP contribution in [0.2, 0.25) is 10.0 Å². The highest BCUT2D eigenvalue weighted by atomic mass is 35.5. The number of halogens is 2. The molecule has 11 nitrogen and oxygen atoms in total. The van der Waals surface area contributed by atoms with E-state index in [2.05, 4.69) is 15.0 Å². The topological polar surface area (TPSA) is 144 Å². The number of benzene rings is 2. The molecule has 0 aliphatic carbocycles. The molecule has 14 heteroatoms. The Balaban J connectivity index is 1.43. The number of sulfonamides is 1. The van der Waals surface area contributed by atoms with E-state index in [0.717, 1.165) is 21.0 Å². The van der Waals surface area contributed by atoms with Crippen molar-refractivity contribution in [3.63, 3.8) is 0 Å². The Hall–Kier alpha value is -3.84. The molecule has 6 rings (SSSR count). The van der Waals surface area contributed by atoms with E-state index in [4.69, 9.17) is 28.9 Å². The highest BCUT2D eigenvalue weighted by Gasteiger charge is 2.53. The molecule has 1 atom stereocenters. The number of nitrogens with zero attached hydrogens (tertiary/aromatic N) is 6. The van der Waals surface area contributed by atoms with Crippen molar-refractivity contribution in [2.75, 3.05) is 18.0 Å². The minimum Gasteiger partial charge on any atom is -0.369 e. The van der Waals surface area contributed by atoms with Gasteiger partial charge < -0.3 is 5.73 Å². The van der Waals surface area contributed by atoms with Crippen LogP contribution in [-0.4, -0.2) is 57.1 Å². The Morgan fingerprint density at radius 3 is 2.27 bits per heavy atom. The van der Waals surface area contributed by atoms with E-state index in [1.165, 1.54) is 28.1 Å². The summed E-state index contributed by atoms with van der Waals surface area (Å²) >= 11 is 12.5. The third-order valence-electron chi connectivity index (χ3n) is 7.42. The first-order valence-corrected chi connectivity index (χ1v) is 14.7. The Morgan fingerprint density at radius 2 is 1.66 bits per heavy atom. The predicted octanol–water partition coefficient (Wildman–Crippen LogP) is 3.39. The van der Waals surface area contributed by atoms with Crippen LogP contribution in [0.4, 0.5) is 11.6 Å². The number of hydrogen-bond acceptors (Lipinski definition) is 7. The summed E-state index contributed by atoms with van der Waals surface area (Å²) in [7, 11) is -4.12. The number of hydrogen-bond donors (Lipinski definition) is 1. The van der Waals surface area contributed by atoms with E-state index < -0.39 is 33.3 Å². The zero-order valence-corrected chi connectivity index (χ0v) is 23.9. The van der Waals surface area contributed by atoms with E-state index in [9.17, 15) is 18.0 Å². The summed E-state index contributed by atoms with van der Waals surface area (Å²) in [5.41, 5.74) is 6.82. The third kappa shape index (κ3) is 4.56. The summed E-state index contributed by atoms with van der Waals surface area (Å²) in [5.74, 6) is -1.43. The van der Waals surface area contributed by atoms with Crippen LogP contribution < -0.4 is 10.6 Å². The number of rotatable bonds is 7. The summed E-state index contributed by atoms with van der Waals surface area (Å²) in [6.45, 7) is 1.59. The molecule has 0 spiro atoms. The quantitative estimate of drug-likeness (QED) is 0.337. The molecule has 4 aromatic rings. The fourth-order valence-corrected chi connectivity index (χ4v) is 7.45. The second kappa shape index (κ2) is 9.91. The molecular weight excluding hydrogens is 589 g/mol. The average Bonchev–Trinajstić information content (AvgIpc) is 3.42. The molecule has 0 bridgehead atoms. The largest absolute Gasteiger partial charge is 0.369 e. The first-order valence-electron chi connectivity index (χ1n) is 12.5. The maximum Gasteiger partial charge on any atom is 0.260 e. The number of fused-ring (bicyclic) bond motifs is 1. The minimum absolute atomic E-state index is 0.0406. The van der Waals surface area contributed by atoms with Gasteiger partial charge in [0, 0.05) is 47.5 Å². The monoisotopic (exact) mass is 611 g/mol. The zero-order valence-electron chi connectivity index (χ0n) is 21.6. The summed E-state index contributed by atoms with van der Waals surface area (Å²) < 4.78 is 30.1. The van der Waals surface area contributed by atoms with Gasteiger partial charge in [-0.3, -0.25) is 14.2 Å². The van der Waals surface area contributed by atoms with Crippen LogP contribution in [0, 0.1) is 5.92 Å². The molecule has 4 heterocycles. The predicted molar refractivity (Wildman–Crippen MR) is 152 cm³/mol. The van der Waals surface area contributed by atoms with Gasteiger partial charge in [-0.25, -0.2) is 28.3 Å². The van der Waals surface area contributed by atoms with E-state index in [-0.39, 0.29) is 30.5 Å². The van der Waals surface area contributed by atoms with Gasteiger partial charge in [-0.15, -0.1) is 0 Å². The molecule has 1 fully saturated rings. The van der Waals surface area contributed by atoms with Gasteiger partial charge in [-0.2, -0.15) is 4.31 Å². The fourth-order valence-electron chi connectivity index (χ4n) is 5.22. The normalized spacial score (nSPS) is 19.3. The average molecular weight is 612 g/mol. The van der Waals surface area contributed by atoms with Crippen molar-refractivity contribution in [2.24, 2.45) is 11.7 Å². The molecule has 41 heavy (non-hydrogen) atoms. The van der Waals surface area contributed by atoms with Crippen LogP contribution in [0.1, 0.15) is 12.5 Å². The van der Waals surface area contributed by atoms with E-state index >= 15 is 0 Å². The maximum absolute atomic E-state index is 14.2. The van der Waals surface area contributed by atoms with Crippen LogP contribution >= 0.6 is 23.2 Å². The number of anilines is 2. The van der Waals surface area contributed by atoms with Gasteiger partial charge in [-0.05, 0) is 36.2 Å². The van der Waals surface area contributed by atoms with Gasteiger partial charge in [0.2, 0.25) is 11.9 Å². The van der Waals surface area contributed by atoms with Gasteiger partial charge in [0.15, 0.2) is 5.03 Å². The van der Waals surface area contributed by atoms with Gasteiger partial charge >= 0.3 is 0 Å². The van der Waals surface area contributed by atoms with E-state index in [1.807, 2.05) is 24.3 Å². The molecule has 0 saturated carbocycles. The van der Waals surface area contributed by atoms with Crippen LogP contribution in [-0.2, 0) is 31.6 Å². The lowest BCUT2D eigenvalue weighted by Crippen LogP contribution is -2.55. The summed E-state index contributed by atoms with van der Waals surface area (Å²) in [5, 5.41) is 0.441. The van der Waals surface area contributed by atoms with Gasteiger partial charge in [0.1, 0.15) is 11.9 Å². The molecule has 0 radical (unpaired) electrons. The number of nitrogens with two attached hydrogens (primary N) is 1. The smallest absolute Gasteiger partial charge is 0.260 e. The van der Waals surface area contributed by atoms with E-state index in [1.54, 1.807) is 31.5 Å².